The van der Waals surface area contributed by atoms with Crippen LogP contribution < -0.4 is 5.32 Å². The summed E-state index contributed by atoms with van der Waals surface area (Å²) in [6, 6.07) is 1.68. The summed E-state index contributed by atoms with van der Waals surface area (Å²) < 4.78 is 1.67. The van der Waals surface area contributed by atoms with Crippen LogP contribution in [-0.4, -0.2) is 27.1 Å². The number of halogens is 1. The minimum Gasteiger partial charge on any atom is -0.347 e. The van der Waals surface area contributed by atoms with Crippen LogP contribution in [0, 0.1) is 6.92 Å². The molecule has 0 fully saturated rings. The Morgan fingerprint density at radius 1 is 1.60 bits per heavy atom. The smallest absolute Gasteiger partial charge is 0.272 e. The first-order valence-corrected chi connectivity index (χ1v) is 5.31. The van der Waals surface area contributed by atoms with Gasteiger partial charge in [0.1, 0.15) is 5.69 Å². The van der Waals surface area contributed by atoms with Gasteiger partial charge in [0, 0.05) is 18.8 Å². The van der Waals surface area contributed by atoms with Crippen LogP contribution in [0.1, 0.15) is 30.0 Å². The predicted octanol–water partition coefficient (Wildman–Crippen LogP) is 1.47. The highest BCUT2D eigenvalue weighted by Crippen LogP contribution is 2.04. The van der Waals surface area contributed by atoms with Gasteiger partial charge in [0.25, 0.3) is 5.91 Å². The maximum absolute atomic E-state index is 11.7. The van der Waals surface area contributed by atoms with Gasteiger partial charge in [-0.3, -0.25) is 9.48 Å². The average molecular weight is 230 g/mol. The third kappa shape index (κ3) is 2.96. The fraction of sp³-hybridized carbons (Fsp3) is 0.600. The van der Waals surface area contributed by atoms with E-state index in [4.69, 9.17) is 11.6 Å². The summed E-state index contributed by atoms with van der Waals surface area (Å²) in [7, 11) is 1.81. The van der Waals surface area contributed by atoms with Crippen LogP contribution in [0.25, 0.3) is 0 Å². The van der Waals surface area contributed by atoms with E-state index in [-0.39, 0.29) is 17.3 Å². The molecule has 5 heteroatoms. The zero-order valence-electron chi connectivity index (χ0n) is 9.41. The minimum absolute atomic E-state index is 0.0681. The topological polar surface area (TPSA) is 46.9 Å². The fourth-order valence-corrected chi connectivity index (χ4v) is 1.13. The Labute approximate surface area is 94.6 Å². The van der Waals surface area contributed by atoms with E-state index in [2.05, 4.69) is 10.4 Å². The van der Waals surface area contributed by atoms with E-state index in [1.54, 1.807) is 17.8 Å². The van der Waals surface area contributed by atoms with Gasteiger partial charge in [-0.05, 0) is 26.8 Å². The number of amides is 1. The Hall–Kier alpha value is -1.03. The van der Waals surface area contributed by atoms with Crippen molar-refractivity contribution in [2.45, 2.75) is 32.2 Å². The third-order valence-electron chi connectivity index (χ3n) is 2.39. The Bertz CT molecular complexity index is 340. The molecule has 84 valence electrons. The van der Waals surface area contributed by atoms with E-state index in [9.17, 15) is 4.79 Å². The molecule has 0 saturated carbocycles. The summed E-state index contributed by atoms with van der Waals surface area (Å²) >= 11 is 5.86. The summed E-state index contributed by atoms with van der Waals surface area (Å²) in [5.74, 6) is -0.182. The maximum Gasteiger partial charge on any atom is 0.272 e. The molecule has 15 heavy (non-hydrogen) atoms. The second kappa shape index (κ2) is 4.66. The SMILES string of the molecule is Cc1cc(C(=O)NC(C)C(C)Cl)nn1C. The molecule has 4 nitrogen and oxygen atoms in total. The minimum atomic E-state index is -0.182. The number of alkyl halides is 1. The molecule has 1 N–H and O–H groups in total. The summed E-state index contributed by atoms with van der Waals surface area (Å²) in [6.07, 6.45) is 0. The van der Waals surface area contributed by atoms with Crippen LogP contribution in [0.2, 0.25) is 0 Å². The van der Waals surface area contributed by atoms with Crippen LogP contribution in [0.3, 0.4) is 0 Å². The van der Waals surface area contributed by atoms with Crippen molar-refractivity contribution < 1.29 is 4.79 Å². The zero-order chi connectivity index (χ0) is 11.6. The molecule has 0 radical (unpaired) electrons. The van der Waals surface area contributed by atoms with Crippen molar-refractivity contribution in [2.24, 2.45) is 7.05 Å². The molecule has 0 saturated heterocycles. The number of nitrogens with one attached hydrogen (secondary N) is 1. The monoisotopic (exact) mass is 229 g/mol. The van der Waals surface area contributed by atoms with Gasteiger partial charge < -0.3 is 5.32 Å². The Morgan fingerprint density at radius 2 is 2.20 bits per heavy atom. The van der Waals surface area contributed by atoms with Crippen molar-refractivity contribution in [3.8, 4) is 0 Å². The molecular weight excluding hydrogens is 214 g/mol. The molecule has 1 rings (SSSR count). The molecule has 0 bridgehead atoms. The third-order valence-corrected chi connectivity index (χ3v) is 2.77. The normalized spacial score (nSPS) is 14.7. The Balaban J connectivity index is 2.69. The second-order valence-corrected chi connectivity index (χ2v) is 4.42. The lowest BCUT2D eigenvalue weighted by atomic mass is 10.2. The van der Waals surface area contributed by atoms with Crippen molar-refractivity contribution in [2.75, 3.05) is 0 Å². The molecule has 1 aromatic heterocycles. The molecule has 0 spiro atoms. The van der Waals surface area contributed by atoms with Crippen molar-refractivity contribution in [1.29, 1.82) is 0 Å². The van der Waals surface area contributed by atoms with Crippen LogP contribution in [0.15, 0.2) is 6.07 Å². The maximum atomic E-state index is 11.7. The number of nitrogens with zero attached hydrogens (tertiary/aromatic N) is 2. The van der Waals surface area contributed by atoms with E-state index >= 15 is 0 Å². The standard InChI is InChI=1S/C10H16ClN3O/c1-6-5-9(13-14(6)4)10(15)12-8(3)7(2)11/h5,7-8H,1-4H3,(H,12,15). The summed E-state index contributed by atoms with van der Waals surface area (Å²) in [4.78, 5) is 11.7. The first-order chi connectivity index (χ1) is 6.91. The molecule has 1 heterocycles. The van der Waals surface area contributed by atoms with Gasteiger partial charge in [-0.15, -0.1) is 11.6 Å². The molecular formula is C10H16ClN3O. The number of carbonyl (C=O) groups is 1. The lowest BCUT2D eigenvalue weighted by Gasteiger charge is -2.14. The van der Waals surface area contributed by atoms with Crippen molar-refractivity contribution in [3.05, 3.63) is 17.5 Å². The first-order valence-electron chi connectivity index (χ1n) is 4.87. The molecule has 1 aromatic rings. The second-order valence-electron chi connectivity index (χ2n) is 3.73. The Morgan fingerprint density at radius 3 is 2.60 bits per heavy atom. The quantitative estimate of drug-likeness (QED) is 0.798. The van der Waals surface area contributed by atoms with E-state index < -0.39 is 0 Å². The molecule has 1 amide bonds. The number of aryl methyl sites for hydroxylation is 2. The summed E-state index contributed by atoms with van der Waals surface area (Å²) in [5.41, 5.74) is 1.38. The lowest BCUT2D eigenvalue weighted by molar-refractivity contribution is 0.0934. The highest BCUT2D eigenvalue weighted by atomic mass is 35.5. The molecule has 0 aliphatic carbocycles. The first kappa shape index (κ1) is 12.0. The van der Waals surface area contributed by atoms with Crippen LogP contribution in [0.4, 0.5) is 0 Å². The van der Waals surface area contributed by atoms with Gasteiger partial charge in [0.15, 0.2) is 0 Å². The molecule has 2 unspecified atom stereocenters. The van der Waals surface area contributed by atoms with Gasteiger partial charge >= 0.3 is 0 Å². The largest absolute Gasteiger partial charge is 0.347 e. The van der Waals surface area contributed by atoms with E-state index in [0.29, 0.717) is 5.69 Å². The molecule has 0 aliphatic heterocycles. The van der Waals surface area contributed by atoms with Crippen molar-refractivity contribution in [1.82, 2.24) is 15.1 Å². The number of hydrogen-bond acceptors (Lipinski definition) is 2. The van der Waals surface area contributed by atoms with Crippen LogP contribution in [-0.2, 0) is 7.05 Å². The van der Waals surface area contributed by atoms with Gasteiger partial charge in [-0.2, -0.15) is 5.10 Å². The van der Waals surface area contributed by atoms with E-state index in [0.717, 1.165) is 5.69 Å². The fourth-order valence-electron chi connectivity index (χ4n) is 1.07. The van der Waals surface area contributed by atoms with Crippen LogP contribution >= 0.6 is 11.6 Å². The molecule has 2 atom stereocenters. The van der Waals surface area contributed by atoms with Crippen molar-refractivity contribution >= 4 is 17.5 Å². The van der Waals surface area contributed by atoms with E-state index in [1.807, 2.05) is 20.8 Å². The number of carbonyl (C=O) groups excluding carboxylic acids is 1. The highest BCUT2D eigenvalue weighted by Gasteiger charge is 2.16. The number of hydrogen-bond donors (Lipinski definition) is 1. The summed E-state index contributed by atoms with van der Waals surface area (Å²) in [6.45, 7) is 5.61. The number of rotatable bonds is 3. The van der Waals surface area contributed by atoms with Gasteiger partial charge in [-0.1, -0.05) is 0 Å². The predicted molar refractivity (Wildman–Crippen MR) is 60.2 cm³/mol. The molecule has 0 aromatic carbocycles. The molecule has 0 aliphatic rings. The van der Waals surface area contributed by atoms with Gasteiger partial charge in [0.2, 0.25) is 0 Å². The lowest BCUT2D eigenvalue weighted by Crippen LogP contribution is -2.37. The van der Waals surface area contributed by atoms with E-state index in [1.165, 1.54) is 0 Å². The van der Waals surface area contributed by atoms with Crippen molar-refractivity contribution in [3.63, 3.8) is 0 Å². The number of aromatic nitrogens is 2. The van der Waals surface area contributed by atoms with Gasteiger partial charge in [-0.25, -0.2) is 0 Å². The Kier molecular flexibility index (Phi) is 3.74. The summed E-state index contributed by atoms with van der Waals surface area (Å²) in [5, 5.41) is 6.78. The highest BCUT2D eigenvalue weighted by molar-refractivity contribution is 6.21. The van der Waals surface area contributed by atoms with Crippen LogP contribution in [0.5, 0.6) is 0 Å². The average Bonchev–Trinajstić information content (AvgIpc) is 2.46. The van der Waals surface area contributed by atoms with Gasteiger partial charge in [0.05, 0.1) is 5.38 Å². The zero-order valence-corrected chi connectivity index (χ0v) is 10.2.